The second-order valence-corrected chi connectivity index (χ2v) is 5.79. The lowest BCUT2D eigenvalue weighted by molar-refractivity contribution is -0.134. The molecule has 1 aliphatic rings. The molecule has 2 amide bonds. The highest BCUT2D eigenvalue weighted by Gasteiger charge is 2.19. The van der Waals surface area contributed by atoms with E-state index in [1.54, 1.807) is 28.0 Å². The summed E-state index contributed by atoms with van der Waals surface area (Å²) in [6.45, 7) is 2.63. The highest BCUT2D eigenvalue weighted by Crippen LogP contribution is 2.23. The number of piperazine rings is 1. The van der Waals surface area contributed by atoms with Crippen LogP contribution in [0.15, 0.2) is 18.2 Å². The maximum atomic E-state index is 12.2. The molecular formula is C16H20ClN3O4. The molecule has 1 saturated heterocycles. The average Bonchev–Trinajstić information content (AvgIpc) is 2.62. The summed E-state index contributed by atoms with van der Waals surface area (Å²) >= 11 is 6.09. The van der Waals surface area contributed by atoms with E-state index in [2.05, 4.69) is 10.1 Å². The lowest BCUT2D eigenvalue weighted by Crippen LogP contribution is -2.48. The summed E-state index contributed by atoms with van der Waals surface area (Å²) in [7, 11) is 1.31. The minimum Gasteiger partial charge on any atom is -0.465 e. The Bertz CT molecular complexity index is 615. The van der Waals surface area contributed by atoms with Crippen LogP contribution in [0.5, 0.6) is 0 Å². The predicted octanol–water partition coefficient (Wildman–Crippen LogP) is 1.23. The second kappa shape index (κ2) is 8.54. The zero-order valence-electron chi connectivity index (χ0n) is 13.5. The van der Waals surface area contributed by atoms with Gasteiger partial charge in [-0.1, -0.05) is 11.6 Å². The lowest BCUT2D eigenvalue weighted by atomic mass is 10.2. The van der Waals surface area contributed by atoms with Crippen LogP contribution in [0.3, 0.4) is 0 Å². The summed E-state index contributed by atoms with van der Waals surface area (Å²) in [5.41, 5.74) is 0.971. The van der Waals surface area contributed by atoms with Gasteiger partial charge in [0.05, 0.1) is 23.4 Å². The van der Waals surface area contributed by atoms with Crippen LogP contribution in [0.2, 0.25) is 5.02 Å². The first-order valence-corrected chi connectivity index (χ1v) is 8.02. The van der Waals surface area contributed by atoms with Crippen molar-refractivity contribution in [1.82, 2.24) is 9.80 Å². The van der Waals surface area contributed by atoms with Crippen LogP contribution in [0.25, 0.3) is 0 Å². The van der Waals surface area contributed by atoms with Crippen molar-refractivity contribution in [3.8, 4) is 0 Å². The van der Waals surface area contributed by atoms with Gasteiger partial charge in [-0.15, -0.1) is 0 Å². The van der Waals surface area contributed by atoms with Crippen LogP contribution in [0, 0.1) is 0 Å². The quantitative estimate of drug-likeness (QED) is 0.614. The molecule has 24 heavy (non-hydrogen) atoms. The first-order valence-electron chi connectivity index (χ1n) is 7.64. The molecule has 1 fully saturated rings. The zero-order chi connectivity index (χ0) is 17.5. The largest absolute Gasteiger partial charge is 0.465 e. The molecule has 1 aliphatic heterocycles. The number of nitrogens with one attached hydrogen (secondary N) is 1. The summed E-state index contributed by atoms with van der Waals surface area (Å²) in [5.74, 6) is -0.424. The van der Waals surface area contributed by atoms with Crippen LogP contribution in [0.1, 0.15) is 16.8 Å². The number of hydrogen-bond donors (Lipinski definition) is 1. The molecule has 1 aromatic rings. The van der Waals surface area contributed by atoms with E-state index in [0.29, 0.717) is 55.4 Å². The van der Waals surface area contributed by atoms with E-state index in [0.717, 1.165) is 6.41 Å². The fourth-order valence-corrected chi connectivity index (χ4v) is 2.63. The molecule has 0 unspecified atom stereocenters. The Hall–Kier alpha value is -2.28. The number of halogens is 1. The van der Waals surface area contributed by atoms with Crippen LogP contribution in [-0.4, -0.2) is 67.9 Å². The molecule has 0 radical (unpaired) electrons. The molecule has 0 saturated carbocycles. The molecular weight excluding hydrogens is 334 g/mol. The number of methoxy groups -OCH3 is 1. The van der Waals surface area contributed by atoms with Gasteiger partial charge in [0.15, 0.2) is 0 Å². The summed E-state index contributed by atoms with van der Waals surface area (Å²) < 4.78 is 4.67. The van der Waals surface area contributed by atoms with Crippen molar-refractivity contribution in [3.63, 3.8) is 0 Å². The molecule has 8 heteroatoms. The normalized spacial score (nSPS) is 14.2. The molecule has 1 N–H and O–H groups in total. The monoisotopic (exact) mass is 353 g/mol. The Kier molecular flexibility index (Phi) is 6.43. The molecule has 130 valence electrons. The first-order chi connectivity index (χ1) is 11.5. The van der Waals surface area contributed by atoms with Crippen LogP contribution < -0.4 is 5.32 Å². The van der Waals surface area contributed by atoms with Gasteiger partial charge >= 0.3 is 5.97 Å². The number of amides is 2. The van der Waals surface area contributed by atoms with Crippen molar-refractivity contribution in [3.05, 3.63) is 28.8 Å². The maximum absolute atomic E-state index is 12.2. The van der Waals surface area contributed by atoms with Crippen molar-refractivity contribution >= 4 is 35.6 Å². The Morgan fingerprint density at radius 3 is 2.62 bits per heavy atom. The zero-order valence-corrected chi connectivity index (χ0v) is 14.2. The molecule has 0 aromatic heterocycles. The minimum absolute atomic E-state index is 0.0216. The SMILES string of the molecule is COC(=O)c1ccc(Cl)c(NCCC(=O)N2CCN(C=O)CC2)c1. The van der Waals surface area contributed by atoms with Gasteiger partial charge in [-0.25, -0.2) is 4.79 Å². The number of hydrogen-bond acceptors (Lipinski definition) is 5. The summed E-state index contributed by atoms with van der Waals surface area (Å²) in [6.07, 6.45) is 1.11. The number of carbonyl (C=O) groups excluding carboxylic acids is 3. The average molecular weight is 354 g/mol. The smallest absolute Gasteiger partial charge is 0.337 e. The van der Waals surface area contributed by atoms with E-state index in [4.69, 9.17) is 11.6 Å². The van der Waals surface area contributed by atoms with Gasteiger partial charge in [0.1, 0.15) is 0 Å². The fourth-order valence-electron chi connectivity index (χ4n) is 2.44. The summed E-state index contributed by atoms with van der Waals surface area (Å²) in [5, 5.41) is 3.54. The van der Waals surface area contributed by atoms with E-state index in [9.17, 15) is 14.4 Å². The highest BCUT2D eigenvalue weighted by atomic mass is 35.5. The molecule has 0 atom stereocenters. The van der Waals surface area contributed by atoms with E-state index in [-0.39, 0.29) is 5.91 Å². The first kappa shape index (κ1) is 18.1. The number of benzene rings is 1. The van der Waals surface area contributed by atoms with Crippen molar-refractivity contribution in [2.24, 2.45) is 0 Å². The molecule has 1 heterocycles. The van der Waals surface area contributed by atoms with Crippen LogP contribution in [0.4, 0.5) is 5.69 Å². The molecule has 0 bridgehead atoms. The van der Waals surface area contributed by atoms with Crippen molar-refractivity contribution < 1.29 is 19.1 Å². The van der Waals surface area contributed by atoms with E-state index >= 15 is 0 Å². The number of esters is 1. The maximum Gasteiger partial charge on any atom is 0.337 e. The second-order valence-electron chi connectivity index (χ2n) is 5.39. The standard InChI is InChI=1S/C16H20ClN3O4/c1-24-16(23)12-2-3-13(17)14(10-12)18-5-4-15(22)20-8-6-19(11-21)7-9-20/h2-3,10-11,18H,4-9H2,1H3. The van der Waals surface area contributed by atoms with Gasteiger partial charge in [-0.05, 0) is 18.2 Å². The number of ether oxygens (including phenoxy) is 1. The van der Waals surface area contributed by atoms with E-state index in [1.165, 1.54) is 7.11 Å². The number of rotatable bonds is 6. The third kappa shape index (κ3) is 4.61. The van der Waals surface area contributed by atoms with Crippen molar-refractivity contribution in [1.29, 1.82) is 0 Å². The third-order valence-corrected chi connectivity index (χ3v) is 4.19. The van der Waals surface area contributed by atoms with Crippen molar-refractivity contribution in [2.45, 2.75) is 6.42 Å². The van der Waals surface area contributed by atoms with Crippen LogP contribution >= 0.6 is 11.6 Å². The van der Waals surface area contributed by atoms with Gasteiger partial charge in [-0.3, -0.25) is 9.59 Å². The Balaban J connectivity index is 1.84. The van der Waals surface area contributed by atoms with E-state index < -0.39 is 5.97 Å². The molecule has 2 rings (SSSR count). The van der Waals surface area contributed by atoms with Crippen LogP contribution in [-0.2, 0) is 14.3 Å². The molecule has 7 nitrogen and oxygen atoms in total. The van der Waals surface area contributed by atoms with E-state index in [1.807, 2.05) is 0 Å². The van der Waals surface area contributed by atoms with Gasteiger partial charge in [0.2, 0.25) is 12.3 Å². The molecule has 0 aliphatic carbocycles. The Labute approximate surface area is 145 Å². The number of nitrogens with zero attached hydrogens (tertiary/aromatic N) is 2. The Morgan fingerprint density at radius 1 is 1.29 bits per heavy atom. The third-order valence-electron chi connectivity index (χ3n) is 3.86. The van der Waals surface area contributed by atoms with Gasteiger partial charge in [-0.2, -0.15) is 0 Å². The fraction of sp³-hybridized carbons (Fsp3) is 0.438. The summed E-state index contributed by atoms with van der Waals surface area (Å²) in [4.78, 5) is 37.8. The molecule has 0 spiro atoms. The molecule has 1 aromatic carbocycles. The van der Waals surface area contributed by atoms with Gasteiger partial charge in [0, 0.05) is 39.1 Å². The van der Waals surface area contributed by atoms with Crippen molar-refractivity contribution in [2.75, 3.05) is 45.2 Å². The lowest BCUT2D eigenvalue weighted by Gasteiger charge is -2.32. The topological polar surface area (TPSA) is 79.0 Å². The summed E-state index contributed by atoms with van der Waals surface area (Å²) in [6, 6.07) is 4.79. The van der Waals surface area contributed by atoms with Gasteiger partial charge < -0.3 is 19.9 Å². The predicted molar refractivity (Wildman–Crippen MR) is 90.1 cm³/mol. The minimum atomic E-state index is -0.446. The number of carbonyl (C=O) groups is 3. The Morgan fingerprint density at radius 2 is 2.00 bits per heavy atom. The highest BCUT2D eigenvalue weighted by molar-refractivity contribution is 6.33. The van der Waals surface area contributed by atoms with Gasteiger partial charge in [0.25, 0.3) is 0 Å². The number of anilines is 1.